The molecule has 204 valence electrons. The number of carbonyl (C=O) groups excluding carboxylic acids is 2. The minimum atomic E-state index is -0.822. The van der Waals surface area contributed by atoms with E-state index in [4.69, 9.17) is 30.9 Å². The van der Waals surface area contributed by atoms with Crippen LogP contribution in [0.1, 0.15) is 42.1 Å². The van der Waals surface area contributed by atoms with Gasteiger partial charge in [-0.3, -0.25) is 10.3 Å². The third-order valence-corrected chi connectivity index (χ3v) is 5.34. The minimum absolute atomic E-state index is 0.0677. The third-order valence-electron chi connectivity index (χ3n) is 4.92. The first-order chi connectivity index (χ1) is 17.8. The molecule has 0 aromatic heterocycles. The van der Waals surface area contributed by atoms with E-state index in [1.807, 2.05) is 12.2 Å². The summed E-state index contributed by atoms with van der Waals surface area (Å²) in [7, 11) is 2.59. The Morgan fingerprint density at radius 1 is 1.24 bits per heavy atom. The number of hydrogen-bond donors (Lipinski definition) is 3. The van der Waals surface area contributed by atoms with Gasteiger partial charge >= 0.3 is 11.9 Å². The van der Waals surface area contributed by atoms with Gasteiger partial charge in [0.15, 0.2) is 6.61 Å². The number of cyclic esters (lactones) is 1. The second-order valence-corrected chi connectivity index (χ2v) is 8.14. The molecular weight excluding hydrogens is 512 g/mol. The second kappa shape index (κ2) is 15.7. The van der Waals surface area contributed by atoms with E-state index in [0.717, 1.165) is 6.07 Å². The van der Waals surface area contributed by atoms with Crippen molar-refractivity contribution in [3.05, 3.63) is 46.1 Å². The number of benzene rings is 1. The minimum Gasteiger partial charge on any atom is -0.507 e. The summed E-state index contributed by atoms with van der Waals surface area (Å²) in [6.45, 7) is 1.54. The molecule has 2 rings (SSSR count). The molecule has 0 spiro atoms. The van der Waals surface area contributed by atoms with Crippen molar-refractivity contribution in [2.75, 3.05) is 34.0 Å². The maximum atomic E-state index is 13.0. The summed E-state index contributed by atoms with van der Waals surface area (Å²) in [5.74, 6) is -2.41. The number of carbonyl (C=O) groups is 2. The van der Waals surface area contributed by atoms with Crippen LogP contribution in [0.25, 0.3) is 0 Å². The van der Waals surface area contributed by atoms with Gasteiger partial charge in [0.25, 0.3) is 0 Å². The first kappa shape index (κ1) is 29.9. The van der Waals surface area contributed by atoms with Crippen molar-refractivity contribution in [2.45, 2.75) is 38.7 Å². The lowest BCUT2D eigenvalue weighted by atomic mass is 9.99. The standard InChI is InChI=1S/C24H31ClN2O10/c1-15-7-5-4-6-8-16(26-34-9-10-36-33-3)11-17(27-35-14-21(30)32-2)12-18-22(24(31)37-15)19(28)13-20(29)23(18)25/h4-5,11,13,15,27-29H,6-10,12,14H2,1-3H3/b5-4+,17-11?,26-16?. The van der Waals surface area contributed by atoms with Crippen LogP contribution in [0.15, 0.2) is 35.1 Å². The predicted octanol–water partition coefficient (Wildman–Crippen LogP) is 3.11. The quantitative estimate of drug-likeness (QED) is 0.138. The number of nitrogens with zero attached hydrogens (tertiary/aromatic N) is 1. The van der Waals surface area contributed by atoms with Crippen molar-refractivity contribution < 1.29 is 48.7 Å². The largest absolute Gasteiger partial charge is 0.507 e. The van der Waals surface area contributed by atoms with E-state index in [1.165, 1.54) is 14.2 Å². The van der Waals surface area contributed by atoms with Crippen LogP contribution in [0.4, 0.5) is 0 Å². The Kier molecular flexibility index (Phi) is 12.7. The van der Waals surface area contributed by atoms with Crippen LogP contribution in [0, 0.1) is 0 Å². The lowest BCUT2D eigenvalue weighted by Crippen LogP contribution is -2.23. The molecule has 0 radical (unpaired) electrons. The van der Waals surface area contributed by atoms with Crippen molar-refractivity contribution >= 4 is 29.3 Å². The normalized spacial score (nSPS) is 18.7. The third kappa shape index (κ3) is 9.92. The van der Waals surface area contributed by atoms with Crippen LogP contribution < -0.4 is 5.48 Å². The van der Waals surface area contributed by atoms with E-state index in [-0.39, 0.29) is 41.5 Å². The van der Waals surface area contributed by atoms with Crippen molar-refractivity contribution in [1.29, 1.82) is 0 Å². The Bertz CT molecular complexity index is 1030. The van der Waals surface area contributed by atoms with Gasteiger partial charge in [-0.2, -0.15) is 0 Å². The number of aromatic hydroxyl groups is 2. The molecule has 1 aliphatic rings. The Balaban J connectivity index is 2.52. The van der Waals surface area contributed by atoms with E-state index in [0.29, 0.717) is 25.0 Å². The highest BCUT2D eigenvalue weighted by Gasteiger charge is 2.26. The molecule has 37 heavy (non-hydrogen) atoms. The molecule has 1 aromatic carbocycles. The van der Waals surface area contributed by atoms with Crippen LogP contribution in [-0.2, 0) is 40.1 Å². The Hall–Kier alpha value is -3.32. The molecule has 1 aromatic rings. The summed E-state index contributed by atoms with van der Waals surface area (Å²) >= 11 is 6.35. The molecule has 3 N–H and O–H groups in total. The van der Waals surface area contributed by atoms with Gasteiger partial charge in [-0.1, -0.05) is 28.9 Å². The molecule has 0 aliphatic carbocycles. The van der Waals surface area contributed by atoms with Gasteiger partial charge in [-0.25, -0.2) is 19.4 Å². The number of allylic oxidation sites excluding steroid dienone is 3. The number of phenolic OH excluding ortho intramolecular Hbond substituents is 2. The number of phenols is 2. The molecule has 13 heteroatoms. The zero-order valence-corrected chi connectivity index (χ0v) is 21.6. The van der Waals surface area contributed by atoms with Gasteiger partial charge in [0.1, 0.15) is 36.4 Å². The van der Waals surface area contributed by atoms with Crippen molar-refractivity contribution in [2.24, 2.45) is 5.16 Å². The van der Waals surface area contributed by atoms with Crippen LogP contribution in [0.2, 0.25) is 5.02 Å². The fourth-order valence-electron chi connectivity index (χ4n) is 3.19. The zero-order valence-electron chi connectivity index (χ0n) is 20.8. The number of oxime groups is 1. The van der Waals surface area contributed by atoms with Gasteiger partial charge < -0.3 is 24.5 Å². The molecule has 1 heterocycles. The van der Waals surface area contributed by atoms with Gasteiger partial charge in [0, 0.05) is 24.6 Å². The molecular formula is C24H31ClN2O10. The molecule has 1 atom stereocenters. The number of nitrogens with one attached hydrogen (secondary N) is 1. The fourth-order valence-corrected chi connectivity index (χ4v) is 3.40. The predicted molar refractivity (Wildman–Crippen MR) is 132 cm³/mol. The first-order valence-electron chi connectivity index (χ1n) is 11.4. The zero-order chi connectivity index (χ0) is 27.2. The number of ether oxygens (including phenoxy) is 2. The smallest absolute Gasteiger partial charge is 0.342 e. The number of fused-ring (bicyclic) bond motifs is 1. The van der Waals surface area contributed by atoms with E-state index < -0.39 is 36.1 Å². The topological polar surface area (TPSA) is 154 Å². The van der Waals surface area contributed by atoms with Gasteiger partial charge in [-0.15, -0.1) is 0 Å². The number of methoxy groups -OCH3 is 1. The average Bonchev–Trinajstić information content (AvgIpc) is 2.85. The molecule has 0 saturated heterocycles. The highest BCUT2D eigenvalue weighted by molar-refractivity contribution is 6.33. The second-order valence-electron chi connectivity index (χ2n) is 7.76. The average molecular weight is 543 g/mol. The molecule has 0 fully saturated rings. The van der Waals surface area contributed by atoms with Gasteiger partial charge in [-0.05, 0) is 31.4 Å². The Morgan fingerprint density at radius 3 is 2.76 bits per heavy atom. The molecule has 0 saturated carbocycles. The Labute approximate surface area is 219 Å². The fraction of sp³-hybridized carbons (Fsp3) is 0.458. The molecule has 1 aliphatic heterocycles. The maximum absolute atomic E-state index is 13.0. The summed E-state index contributed by atoms with van der Waals surface area (Å²) in [5.41, 5.74) is 3.22. The Morgan fingerprint density at radius 2 is 2.03 bits per heavy atom. The highest BCUT2D eigenvalue weighted by Crippen LogP contribution is 2.38. The highest BCUT2D eigenvalue weighted by atomic mass is 35.5. The van der Waals surface area contributed by atoms with Crippen LogP contribution in [-0.4, -0.2) is 68.0 Å². The lowest BCUT2D eigenvalue weighted by Gasteiger charge is -2.19. The summed E-state index contributed by atoms with van der Waals surface area (Å²) in [4.78, 5) is 44.3. The van der Waals surface area contributed by atoms with Crippen molar-refractivity contribution in [3.63, 3.8) is 0 Å². The molecule has 0 bridgehead atoms. The SMILES string of the molecule is COOCCON=C1C=C(NOCC(=O)OC)Cc2c(Cl)c(O)cc(O)c2C(=O)OC(C)C/C=C/CC1. The summed E-state index contributed by atoms with van der Waals surface area (Å²) in [6, 6.07) is 0.962. The molecule has 1 unspecified atom stereocenters. The van der Waals surface area contributed by atoms with Crippen LogP contribution in [0.3, 0.4) is 0 Å². The number of hydroxylamine groups is 1. The van der Waals surface area contributed by atoms with E-state index in [2.05, 4.69) is 20.3 Å². The van der Waals surface area contributed by atoms with Crippen LogP contribution >= 0.6 is 11.6 Å². The van der Waals surface area contributed by atoms with E-state index >= 15 is 0 Å². The number of esters is 2. The number of halogens is 1. The number of hydrogen-bond acceptors (Lipinski definition) is 12. The molecule has 12 nitrogen and oxygen atoms in total. The van der Waals surface area contributed by atoms with E-state index in [1.54, 1.807) is 13.0 Å². The lowest BCUT2D eigenvalue weighted by molar-refractivity contribution is -0.277. The van der Waals surface area contributed by atoms with Crippen molar-refractivity contribution in [1.82, 2.24) is 5.48 Å². The summed E-state index contributed by atoms with van der Waals surface area (Å²) in [5, 5.41) is 24.7. The maximum Gasteiger partial charge on any atom is 0.342 e. The van der Waals surface area contributed by atoms with Crippen molar-refractivity contribution in [3.8, 4) is 11.5 Å². The van der Waals surface area contributed by atoms with E-state index in [9.17, 15) is 19.8 Å². The number of rotatable bonds is 9. The van der Waals surface area contributed by atoms with Gasteiger partial charge in [0.2, 0.25) is 0 Å². The van der Waals surface area contributed by atoms with Gasteiger partial charge in [0.05, 0.1) is 25.0 Å². The van der Waals surface area contributed by atoms with Crippen LogP contribution in [0.5, 0.6) is 11.5 Å². The summed E-state index contributed by atoms with van der Waals surface area (Å²) in [6.07, 6.45) is 6.17. The first-order valence-corrected chi connectivity index (χ1v) is 11.7. The molecule has 0 amide bonds. The monoisotopic (exact) mass is 542 g/mol. The summed E-state index contributed by atoms with van der Waals surface area (Å²) < 4.78 is 10.0.